The molecule has 0 aliphatic heterocycles. The summed E-state index contributed by atoms with van der Waals surface area (Å²) < 4.78 is 11.5. The molecule has 144 valence electrons. The molecule has 0 saturated carbocycles. The highest BCUT2D eigenvalue weighted by Gasteiger charge is 2.09. The second kappa shape index (κ2) is 8.44. The van der Waals surface area contributed by atoms with Crippen LogP contribution in [0.5, 0.6) is 11.5 Å². The fraction of sp³-hybridized carbons (Fsp3) is 0.0833. The largest absolute Gasteiger partial charge is 0.489 e. The first-order chi connectivity index (χ1) is 14.2. The SMILES string of the molecule is O=C(O)c1ccccc1COc1ccc(OCc2ccc3ccccc3n2)cc1. The number of carbonyl (C=O) groups is 1. The lowest BCUT2D eigenvalue weighted by Crippen LogP contribution is -2.05. The predicted octanol–water partition coefficient (Wildman–Crippen LogP) is 5.09. The number of nitrogens with zero attached hydrogens (tertiary/aromatic N) is 1. The molecular weight excluding hydrogens is 366 g/mol. The molecule has 1 heterocycles. The van der Waals surface area contributed by atoms with E-state index in [1.165, 1.54) is 0 Å². The summed E-state index contributed by atoms with van der Waals surface area (Å²) in [6.45, 7) is 0.556. The number of pyridine rings is 1. The number of para-hydroxylation sites is 1. The lowest BCUT2D eigenvalue weighted by molar-refractivity contribution is 0.0694. The molecule has 1 N–H and O–H groups in total. The van der Waals surface area contributed by atoms with Crippen LogP contribution in [0.2, 0.25) is 0 Å². The highest BCUT2D eigenvalue weighted by molar-refractivity contribution is 5.89. The smallest absolute Gasteiger partial charge is 0.336 e. The van der Waals surface area contributed by atoms with Gasteiger partial charge >= 0.3 is 5.97 Å². The van der Waals surface area contributed by atoms with Crippen LogP contribution in [0.3, 0.4) is 0 Å². The van der Waals surface area contributed by atoms with E-state index >= 15 is 0 Å². The van der Waals surface area contributed by atoms with Crippen LogP contribution in [-0.2, 0) is 13.2 Å². The quantitative estimate of drug-likeness (QED) is 0.480. The first-order valence-corrected chi connectivity index (χ1v) is 9.20. The minimum absolute atomic E-state index is 0.184. The lowest BCUT2D eigenvalue weighted by Gasteiger charge is -2.10. The van der Waals surface area contributed by atoms with Crippen LogP contribution in [0.25, 0.3) is 10.9 Å². The summed E-state index contributed by atoms with van der Waals surface area (Å²) in [5.41, 5.74) is 2.67. The van der Waals surface area contributed by atoms with Gasteiger partial charge in [-0.15, -0.1) is 0 Å². The molecule has 0 saturated heterocycles. The Morgan fingerprint density at radius 3 is 2.17 bits per heavy atom. The van der Waals surface area contributed by atoms with Gasteiger partial charge in [0.2, 0.25) is 0 Å². The van der Waals surface area contributed by atoms with Crippen molar-refractivity contribution in [2.75, 3.05) is 0 Å². The Kier molecular flexibility index (Phi) is 5.38. The Labute approximate surface area is 168 Å². The fourth-order valence-electron chi connectivity index (χ4n) is 2.99. The molecule has 0 aliphatic rings. The zero-order valence-electron chi connectivity index (χ0n) is 15.6. The number of aromatic carboxylic acids is 1. The Hall–Kier alpha value is -3.86. The zero-order valence-corrected chi connectivity index (χ0v) is 15.6. The van der Waals surface area contributed by atoms with Crippen LogP contribution in [0.15, 0.2) is 84.9 Å². The Morgan fingerprint density at radius 1 is 0.759 bits per heavy atom. The Balaban J connectivity index is 1.36. The average Bonchev–Trinajstić information content (AvgIpc) is 2.77. The molecule has 0 atom stereocenters. The number of hydrogen-bond donors (Lipinski definition) is 1. The van der Waals surface area contributed by atoms with Crippen molar-refractivity contribution in [3.8, 4) is 11.5 Å². The molecule has 0 unspecified atom stereocenters. The topological polar surface area (TPSA) is 68.7 Å². The summed E-state index contributed by atoms with van der Waals surface area (Å²) in [5.74, 6) is 0.384. The van der Waals surface area contributed by atoms with E-state index in [1.54, 1.807) is 36.4 Å². The molecule has 0 aliphatic carbocycles. The monoisotopic (exact) mass is 385 g/mol. The second-order valence-electron chi connectivity index (χ2n) is 6.51. The Bertz CT molecular complexity index is 1140. The minimum atomic E-state index is -0.963. The summed E-state index contributed by atoms with van der Waals surface area (Å²) in [4.78, 5) is 15.9. The van der Waals surface area contributed by atoms with Gasteiger partial charge in [-0.25, -0.2) is 9.78 Å². The number of ether oxygens (including phenoxy) is 2. The molecular formula is C24H19NO4. The predicted molar refractivity (Wildman–Crippen MR) is 110 cm³/mol. The van der Waals surface area contributed by atoms with Crippen LogP contribution < -0.4 is 9.47 Å². The lowest BCUT2D eigenvalue weighted by atomic mass is 10.1. The molecule has 0 bridgehead atoms. The second-order valence-corrected chi connectivity index (χ2v) is 6.51. The number of carboxylic acid groups (broad SMARTS) is 1. The van der Waals surface area contributed by atoms with Crippen LogP contribution in [0.1, 0.15) is 21.6 Å². The van der Waals surface area contributed by atoms with Gasteiger partial charge in [0, 0.05) is 10.9 Å². The fourth-order valence-corrected chi connectivity index (χ4v) is 2.99. The number of fused-ring (bicyclic) bond motifs is 1. The number of benzene rings is 3. The van der Waals surface area contributed by atoms with Gasteiger partial charge in [-0.3, -0.25) is 0 Å². The van der Waals surface area contributed by atoms with E-state index in [0.29, 0.717) is 23.7 Å². The summed E-state index contributed by atoms with van der Waals surface area (Å²) >= 11 is 0. The van der Waals surface area contributed by atoms with Crippen molar-refractivity contribution in [1.29, 1.82) is 0 Å². The molecule has 0 radical (unpaired) electrons. The molecule has 3 aromatic carbocycles. The van der Waals surface area contributed by atoms with Crippen LogP contribution in [0, 0.1) is 0 Å². The number of carboxylic acids is 1. The van der Waals surface area contributed by atoms with Gasteiger partial charge in [-0.1, -0.05) is 42.5 Å². The summed E-state index contributed by atoms with van der Waals surface area (Å²) in [5, 5.41) is 10.3. The van der Waals surface area contributed by atoms with Crippen molar-refractivity contribution in [2.45, 2.75) is 13.2 Å². The van der Waals surface area contributed by atoms with E-state index in [0.717, 1.165) is 16.6 Å². The highest BCUT2D eigenvalue weighted by atomic mass is 16.5. The molecule has 5 nitrogen and oxygen atoms in total. The normalized spacial score (nSPS) is 10.6. The van der Waals surface area contributed by atoms with Gasteiger partial charge in [-0.2, -0.15) is 0 Å². The molecule has 0 spiro atoms. The first-order valence-electron chi connectivity index (χ1n) is 9.20. The van der Waals surface area contributed by atoms with Crippen molar-refractivity contribution >= 4 is 16.9 Å². The molecule has 4 rings (SSSR count). The van der Waals surface area contributed by atoms with E-state index < -0.39 is 5.97 Å². The highest BCUT2D eigenvalue weighted by Crippen LogP contribution is 2.21. The van der Waals surface area contributed by atoms with Crippen molar-refractivity contribution in [3.63, 3.8) is 0 Å². The van der Waals surface area contributed by atoms with Crippen molar-refractivity contribution in [2.24, 2.45) is 0 Å². The molecule has 0 fully saturated rings. The number of rotatable bonds is 7. The van der Waals surface area contributed by atoms with Crippen LogP contribution >= 0.6 is 0 Å². The van der Waals surface area contributed by atoms with Gasteiger partial charge < -0.3 is 14.6 Å². The maximum absolute atomic E-state index is 11.3. The van der Waals surface area contributed by atoms with E-state index in [9.17, 15) is 9.90 Å². The Morgan fingerprint density at radius 2 is 1.41 bits per heavy atom. The van der Waals surface area contributed by atoms with E-state index in [4.69, 9.17) is 9.47 Å². The first kappa shape index (κ1) is 18.5. The summed E-state index contributed by atoms with van der Waals surface area (Å²) in [6, 6.07) is 26.0. The third kappa shape index (κ3) is 4.52. The van der Waals surface area contributed by atoms with Gasteiger partial charge in [0.1, 0.15) is 24.7 Å². The van der Waals surface area contributed by atoms with E-state index in [-0.39, 0.29) is 12.2 Å². The van der Waals surface area contributed by atoms with Crippen molar-refractivity contribution in [3.05, 3.63) is 102 Å². The summed E-state index contributed by atoms with van der Waals surface area (Å²) in [7, 11) is 0. The third-order valence-electron chi connectivity index (χ3n) is 4.51. The molecule has 4 aromatic rings. The summed E-state index contributed by atoms with van der Waals surface area (Å²) in [6.07, 6.45) is 0. The van der Waals surface area contributed by atoms with E-state index in [1.807, 2.05) is 48.5 Å². The maximum atomic E-state index is 11.3. The van der Waals surface area contributed by atoms with Crippen LogP contribution in [-0.4, -0.2) is 16.1 Å². The van der Waals surface area contributed by atoms with Gasteiger partial charge in [0.25, 0.3) is 0 Å². The van der Waals surface area contributed by atoms with Gasteiger partial charge in [-0.05, 0) is 42.5 Å². The third-order valence-corrected chi connectivity index (χ3v) is 4.51. The number of hydrogen-bond acceptors (Lipinski definition) is 4. The maximum Gasteiger partial charge on any atom is 0.336 e. The van der Waals surface area contributed by atoms with Crippen LogP contribution in [0.4, 0.5) is 0 Å². The van der Waals surface area contributed by atoms with Gasteiger partial charge in [0.05, 0.1) is 16.8 Å². The zero-order chi connectivity index (χ0) is 20.1. The molecule has 5 heteroatoms. The standard InChI is InChI=1S/C24H19NO4/c26-24(27)22-7-3-1-6-18(22)15-28-20-11-13-21(14-12-20)29-16-19-10-9-17-5-2-4-8-23(17)25-19/h1-14H,15-16H2,(H,26,27). The van der Waals surface area contributed by atoms with E-state index in [2.05, 4.69) is 4.98 Å². The van der Waals surface area contributed by atoms with Crippen molar-refractivity contribution < 1.29 is 19.4 Å². The number of aromatic nitrogens is 1. The molecule has 1 aromatic heterocycles. The van der Waals surface area contributed by atoms with Crippen molar-refractivity contribution in [1.82, 2.24) is 4.98 Å². The van der Waals surface area contributed by atoms with Gasteiger partial charge in [0.15, 0.2) is 0 Å². The molecule has 0 amide bonds. The minimum Gasteiger partial charge on any atom is -0.489 e. The molecule has 29 heavy (non-hydrogen) atoms. The average molecular weight is 385 g/mol.